The Labute approximate surface area is 131 Å². The predicted molar refractivity (Wildman–Crippen MR) is 90.5 cm³/mol. The molecule has 2 aromatic rings. The van der Waals surface area contributed by atoms with Gasteiger partial charge in [0.15, 0.2) is 0 Å². The van der Waals surface area contributed by atoms with Crippen LogP contribution in [0.1, 0.15) is 40.9 Å². The SMILES string of the molecule is Cc1cc(C)nc(N2CCCC(c3ccc(C)c(C)c3)=N2)n1. The van der Waals surface area contributed by atoms with E-state index in [1.807, 2.05) is 24.9 Å². The molecule has 0 amide bonds. The van der Waals surface area contributed by atoms with Crippen molar-refractivity contribution in [1.82, 2.24) is 9.97 Å². The first-order valence-electron chi connectivity index (χ1n) is 7.78. The third-order valence-corrected chi connectivity index (χ3v) is 4.07. The number of hydrogen-bond acceptors (Lipinski definition) is 4. The van der Waals surface area contributed by atoms with Crippen molar-refractivity contribution in [3.63, 3.8) is 0 Å². The predicted octanol–water partition coefficient (Wildman–Crippen LogP) is 3.71. The van der Waals surface area contributed by atoms with E-state index in [1.54, 1.807) is 0 Å². The molecule has 114 valence electrons. The zero-order valence-corrected chi connectivity index (χ0v) is 13.7. The van der Waals surface area contributed by atoms with Gasteiger partial charge in [-0.3, -0.25) is 0 Å². The summed E-state index contributed by atoms with van der Waals surface area (Å²) in [5, 5.41) is 6.74. The van der Waals surface area contributed by atoms with Crippen LogP contribution in [0.25, 0.3) is 0 Å². The fourth-order valence-electron chi connectivity index (χ4n) is 2.73. The zero-order valence-electron chi connectivity index (χ0n) is 13.7. The van der Waals surface area contributed by atoms with Crippen LogP contribution in [-0.2, 0) is 0 Å². The van der Waals surface area contributed by atoms with Crippen molar-refractivity contribution in [1.29, 1.82) is 0 Å². The fourth-order valence-corrected chi connectivity index (χ4v) is 2.73. The summed E-state index contributed by atoms with van der Waals surface area (Å²) in [7, 11) is 0. The van der Waals surface area contributed by atoms with Crippen LogP contribution in [0.15, 0.2) is 29.4 Å². The van der Waals surface area contributed by atoms with Crippen LogP contribution in [0.3, 0.4) is 0 Å². The van der Waals surface area contributed by atoms with Gasteiger partial charge in [0.25, 0.3) is 0 Å². The minimum Gasteiger partial charge on any atom is -0.231 e. The van der Waals surface area contributed by atoms with E-state index in [4.69, 9.17) is 5.10 Å². The number of benzene rings is 1. The van der Waals surface area contributed by atoms with Gasteiger partial charge >= 0.3 is 0 Å². The third kappa shape index (κ3) is 3.01. The Bertz CT molecular complexity index is 714. The van der Waals surface area contributed by atoms with Gasteiger partial charge in [-0.05, 0) is 69.4 Å². The molecule has 1 aromatic heterocycles. The molecule has 3 rings (SSSR count). The smallest absolute Gasteiger partial charge is 0.231 e. The minimum atomic E-state index is 0.707. The van der Waals surface area contributed by atoms with Crippen molar-refractivity contribution in [3.05, 3.63) is 52.3 Å². The first-order valence-corrected chi connectivity index (χ1v) is 7.78. The van der Waals surface area contributed by atoms with E-state index in [1.165, 1.54) is 16.7 Å². The Morgan fingerprint density at radius 3 is 2.32 bits per heavy atom. The van der Waals surface area contributed by atoms with Gasteiger partial charge in [-0.15, -0.1) is 0 Å². The molecule has 0 unspecified atom stereocenters. The lowest BCUT2D eigenvalue weighted by Gasteiger charge is -2.24. The largest absolute Gasteiger partial charge is 0.246 e. The average Bonchev–Trinajstić information content (AvgIpc) is 2.49. The second-order valence-corrected chi connectivity index (χ2v) is 6.02. The van der Waals surface area contributed by atoms with Crippen molar-refractivity contribution in [2.24, 2.45) is 5.10 Å². The molecule has 2 heterocycles. The zero-order chi connectivity index (χ0) is 15.7. The topological polar surface area (TPSA) is 41.4 Å². The summed E-state index contributed by atoms with van der Waals surface area (Å²) in [6, 6.07) is 8.54. The molecule has 0 radical (unpaired) electrons. The van der Waals surface area contributed by atoms with Crippen molar-refractivity contribution in [2.75, 3.05) is 11.6 Å². The maximum atomic E-state index is 4.80. The number of nitrogens with zero attached hydrogens (tertiary/aromatic N) is 4. The Morgan fingerprint density at radius 1 is 0.909 bits per heavy atom. The van der Waals surface area contributed by atoms with Gasteiger partial charge in [0, 0.05) is 17.9 Å². The number of aromatic nitrogens is 2. The van der Waals surface area contributed by atoms with E-state index < -0.39 is 0 Å². The van der Waals surface area contributed by atoms with Crippen molar-refractivity contribution >= 4 is 11.7 Å². The summed E-state index contributed by atoms with van der Waals surface area (Å²) >= 11 is 0. The molecular weight excluding hydrogens is 272 g/mol. The van der Waals surface area contributed by atoms with Gasteiger partial charge in [-0.25, -0.2) is 15.0 Å². The van der Waals surface area contributed by atoms with Gasteiger partial charge in [0.2, 0.25) is 5.95 Å². The monoisotopic (exact) mass is 294 g/mol. The average molecular weight is 294 g/mol. The summed E-state index contributed by atoms with van der Waals surface area (Å²) in [6.07, 6.45) is 2.08. The fraction of sp³-hybridized carbons (Fsp3) is 0.389. The van der Waals surface area contributed by atoms with Gasteiger partial charge in [-0.2, -0.15) is 5.10 Å². The highest BCUT2D eigenvalue weighted by molar-refractivity contribution is 6.01. The van der Waals surface area contributed by atoms with Crippen LogP contribution in [0.5, 0.6) is 0 Å². The molecule has 0 saturated carbocycles. The van der Waals surface area contributed by atoms with Crippen molar-refractivity contribution in [3.8, 4) is 0 Å². The summed E-state index contributed by atoms with van der Waals surface area (Å²) in [5.74, 6) is 0.707. The molecule has 0 saturated heterocycles. The summed E-state index contributed by atoms with van der Waals surface area (Å²) in [4.78, 5) is 9.05. The lowest BCUT2D eigenvalue weighted by Crippen LogP contribution is -2.28. The second-order valence-electron chi connectivity index (χ2n) is 6.02. The molecule has 22 heavy (non-hydrogen) atoms. The standard InChI is InChI=1S/C18H22N4/c1-12-7-8-16(10-13(12)2)17-6-5-9-22(21-17)18-19-14(3)11-15(4)20-18/h7-8,10-11H,5-6,9H2,1-4H3. The van der Waals surface area contributed by atoms with Gasteiger partial charge in [0.1, 0.15) is 0 Å². The molecule has 1 aromatic carbocycles. The molecule has 0 aliphatic carbocycles. The molecule has 0 atom stereocenters. The van der Waals surface area contributed by atoms with E-state index in [2.05, 4.69) is 42.0 Å². The summed E-state index contributed by atoms with van der Waals surface area (Å²) < 4.78 is 0. The van der Waals surface area contributed by atoms with Crippen LogP contribution in [0.2, 0.25) is 0 Å². The van der Waals surface area contributed by atoms with Crippen LogP contribution in [-0.4, -0.2) is 22.2 Å². The molecule has 1 aliphatic heterocycles. The van der Waals surface area contributed by atoms with E-state index in [0.29, 0.717) is 5.95 Å². The molecular formula is C18H22N4. The Kier molecular flexibility index (Phi) is 3.92. The van der Waals surface area contributed by atoms with Crippen LogP contribution in [0, 0.1) is 27.7 Å². The Morgan fingerprint density at radius 2 is 1.64 bits per heavy atom. The number of rotatable bonds is 2. The third-order valence-electron chi connectivity index (χ3n) is 4.07. The minimum absolute atomic E-state index is 0.707. The van der Waals surface area contributed by atoms with Crippen LogP contribution < -0.4 is 5.01 Å². The highest BCUT2D eigenvalue weighted by Crippen LogP contribution is 2.20. The Hall–Kier alpha value is -2.23. The second kappa shape index (κ2) is 5.87. The van der Waals surface area contributed by atoms with Gasteiger partial charge in [0.05, 0.1) is 5.71 Å². The van der Waals surface area contributed by atoms with E-state index in [0.717, 1.165) is 36.5 Å². The molecule has 0 bridgehead atoms. The first kappa shape index (κ1) is 14.7. The molecule has 0 spiro atoms. The van der Waals surface area contributed by atoms with E-state index in [-0.39, 0.29) is 0 Å². The quantitative estimate of drug-likeness (QED) is 0.847. The van der Waals surface area contributed by atoms with Gasteiger partial charge in [-0.1, -0.05) is 12.1 Å². The number of anilines is 1. The van der Waals surface area contributed by atoms with Gasteiger partial charge < -0.3 is 0 Å². The summed E-state index contributed by atoms with van der Waals surface area (Å²) in [5.41, 5.74) is 6.91. The molecule has 0 N–H and O–H groups in total. The molecule has 0 fully saturated rings. The Balaban J connectivity index is 1.95. The molecule has 4 heteroatoms. The van der Waals surface area contributed by atoms with Crippen LogP contribution in [0.4, 0.5) is 5.95 Å². The van der Waals surface area contributed by atoms with E-state index in [9.17, 15) is 0 Å². The number of hydrogen-bond donors (Lipinski definition) is 0. The maximum Gasteiger partial charge on any atom is 0.246 e. The van der Waals surface area contributed by atoms with E-state index >= 15 is 0 Å². The molecule has 4 nitrogen and oxygen atoms in total. The molecule has 1 aliphatic rings. The highest BCUT2D eigenvalue weighted by atomic mass is 15.5. The summed E-state index contributed by atoms with van der Waals surface area (Å²) in [6.45, 7) is 9.15. The first-order chi connectivity index (χ1) is 10.5. The van der Waals surface area contributed by atoms with Crippen LogP contribution >= 0.6 is 0 Å². The number of hydrazone groups is 1. The van der Waals surface area contributed by atoms with Crippen molar-refractivity contribution < 1.29 is 0 Å². The van der Waals surface area contributed by atoms with Crippen molar-refractivity contribution in [2.45, 2.75) is 40.5 Å². The number of aryl methyl sites for hydroxylation is 4. The maximum absolute atomic E-state index is 4.80. The highest BCUT2D eigenvalue weighted by Gasteiger charge is 2.17. The normalized spacial score (nSPS) is 14.9. The lowest BCUT2D eigenvalue weighted by molar-refractivity contribution is 0.715. The lowest BCUT2D eigenvalue weighted by atomic mass is 10.00.